The summed E-state index contributed by atoms with van der Waals surface area (Å²) in [5, 5.41) is 0.936. The highest BCUT2D eigenvalue weighted by Gasteiger charge is 2.17. The maximum absolute atomic E-state index is 12.5. The number of anilines is 1. The van der Waals surface area contributed by atoms with E-state index in [0.29, 0.717) is 32.3 Å². The Kier molecular flexibility index (Phi) is 5.14. The Balaban J connectivity index is 2.24. The van der Waals surface area contributed by atoms with Gasteiger partial charge in [0.05, 0.1) is 20.1 Å². The molecule has 2 rings (SSSR count). The predicted octanol–water partition coefficient (Wildman–Crippen LogP) is 4.61. The number of carbonyl (C=O) groups is 1. The van der Waals surface area contributed by atoms with Crippen LogP contribution in [0.4, 0.5) is 5.69 Å². The number of nitrogens with two attached hydrogens (primary N) is 1. The molecule has 0 aliphatic carbocycles. The van der Waals surface area contributed by atoms with E-state index >= 15 is 0 Å². The van der Waals surface area contributed by atoms with E-state index in [1.807, 2.05) is 6.07 Å². The Morgan fingerprint density at radius 3 is 2.62 bits per heavy atom. The van der Waals surface area contributed by atoms with Crippen molar-refractivity contribution in [2.45, 2.75) is 6.54 Å². The predicted molar refractivity (Wildman–Crippen MR) is 90.8 cm³/mol. The Morgan fingerprint density at radius 2 is 1.90 bits per heavy atom. The van der Waals surface area contributed by atoms with E-state index in [0.717, 1.165) is 5.56 Å². The monoisotopic (exact) mass is 386 g/mol. The maximum Gasteiger partial charge on any atom is 0.255 e. The Morgan fingerprint density at radius 1 is 1.24 bits per heavy atom. The number of nitrogens with zero attached hydrogens (tertiary/aromatic N) is 1. The normalized spacial score (nSPS) is 10.5. The maximum atomic E-state index is 12.5. The zero-order chi connectivity index (χ0) is 15.6. The molecule has 0 saturated heterocycles. The SMILES string of the molecule is CN(Cc1cccc(Cl)c1Cl)C(=O)c1cccc(N)c1Br. The van der Waals surface area contributed by atoms with Crippen LogP contribution in [-0.4, -0.2) is 17.9 Å². The molecule has 1 amide bonds. The lowest BCUT2D eigenvalue weighted by Crippen LogP contribution is -2.26. The fourth-order valence-corrected chi connectivity index (χ4v) is 2.73. The average molecular weight is 388 g/mol. The molecule has 0 unspecified atom stereocenters. The second kappa shape index (κ2) is 6.69. The summed E-state index contributed by atoms with van der Waals surface area (Å²) in [7, 11) is 1.70. The number of carbonyl (C=O) groups excluding carboxylic acids is 1. The molecule has 0 fully saturated rings. The van der Waals surface area contributed by atoms with Gasteiger partial charge in [0.15, 0.2) is 0 Å². The van der Waals surface area contributed by atoms with Crippen LogP contribution in [0.3, 0.4) is 0 Å². The quantitative estimate of drug-likeness (QED) is 0.781. The summed E-state index contributed by atoms with van der Waals surface area (Å²) in [6.45, 7) is 0.361. The van der Waals surface area contributed by atoms with Crippen molar-refractivity contribution in [3.8, 4) is 0 Å². The van der Waals surface area contributed by atoms with Crippen LogP contribution < -0.4 is 5.73 Å². The van der Waals surface area contributed by atoms with Gasteiger partial charge in [0.25, 0.3) is 5.91 Å². The first-order chi connectivity index (χ1) is 9.91. The summed E-state index contributed by atoms with van der Waals surface area (Å²) in [6.07, 6.45) is 0. The third-order valence-electron chi connectivity index (χ3n) is 3.04. The van der Waals surface area contributed by atoms with Gasteiger partial charge in [-0.15, -0.1) is 0 Å². The van der Waals surface area contributed by atoms with Gasteiger partial charge in [-0.25, -0.2) is 0 Å². The summed E-state index contributed by atoms with van der Waals surface area (Å²) in [4.78, 5) is 14.0. The molecule has 6 heteroatoms. The molecule has 110 valence electrons. The fourth-order valence-electron chi connectivity index (χ4n) is 1.92. The van der Waals surface area contributed by atoms with Crippen LogP contribution in [0.15, 0.2) is 40.9 Å². The van der Waals surface area contributed by atoms with Crippen molar-refractivity contribution in [3.05, 3.63) is 62.0 Å². The molecule has 0 aromatic heterocycles. The Labute approximate surface area is 141 Å². The standard InChI is InChI=1S/C15H13BrCl2N2O/c1-20(8-9-4-2-6-11(17)14(9)18)15(21)10-5-3-7-12(19)13(10)16/h2-7H,8,19H2,1H3. The molecule has 2 aromatic carbocycles. The van der Waals surface area contributed by atoms with Crippen molar-refractivity contribution in [2.24, 2.45) is 0 Å². The summed E-state index contributed by atoms with van der Waals surface area (Å²) >= 11 is 15.5. The number of nitrogen functional groups attached to an aromatic ring is 1. The van der Waals surface area contributed by atoms with Crippen LogP contribution >= 0.6 is 39.1 Å². The van der Waals surface area contributed by atoms with Gasteiger partial charge >= 0.3 is 0 Å². The van der Waals surface area contributed by atoms with Gasteiger partial charge in [-0.1, -0.05) is 41.4 Å². The minimum Gasteiger partial charge on any atom is -0.398 e. The van der Waals surface area contributed by atoms with E-state index in [2.05, 4.69) is 15.9 Å². The summed E-state index contributed by atoms with van der Waals surface area (Å²) in [6, 6.07) is 10.6. The van der Waals surface area contributed by atoms with Crippen LogP contribution in [0, 0.1) is 0 Å². The molecule has 2 N–H and O–H groups in total. The number of halogens is 3. The van der Waals surface area contributed by atoms with Crippen molar-refractivity contribution < 1.29 is 4.79 Å². The molecule has 0 radical (unpaired) electrons. The van der Waals surface area contributed by atoms with Crippen molar-refractivity contribution in [2.75, 3.05) is 12.8 Å². The topological polar surface area (TPSA) is 46.3 Å². The second-order valence-corrected chi connectivity index (χ2v) is 6.16. The molecule has 0 atom stereocenters. The van der Waals surface area contributed by atoms with Crippen LogP contribution in [-0.2, 0) is 6.54 Å². The first-order valence-electron chi connectivity index (χ1n) is 6.14. The second-order valence-electron chi connectivity index (χ2n) is 4.58. The number of benzene rings is 2. The molecule has 0 bridgehead atoms. The van der Waals surface area contributed by atoms with Gasteiger partial charge in [0.2, 0.25) is 0 Å². The number of hydrogen-bond donors (Lipinski definition) is 1. The Hall–Kier alpha value is -1.23. The minimum absolute atomic E-state index is 0.148. The van der Waals surface area contributed by atoms with Crippen LogP contribution in [0.5, 0.6) is 0 Å². The van der Waals surface area contributed by atoms with Crippen LogP contribution in [0.2, 0.25) is 10.0 Å². The van der Waals surface area contributed by atoms with Gasteiger partial charge in [-0.3, -0.25) is 4.79 Å². The summed E-state index contributed by atoms with van der Waals surface area (Å²) in [5.41, 5.74) is 7.62. The van der Waals surface area contributed by atoms with Crippen molar-refractivity contribution >= 4 is 50.7 Å². The summed E-state index contributed by atoms with van der Waals surface area (Å²) < 4.78 is 0.596. The summed E-state index contributed by atoms with van der Waals surface area (Å²) in [5.74, 6) is -0.148. The van der Waals surface area contributed by atoms with E-state index in [9.17, 15) is 4.79 Å². The lowest BCUT2D eigenvalue weighted by atomic mass is 10.1. The van der Waals surface area contributed by atoms with Crippen LogP contribution in [0.25, 0.3) is 0 Å². The highest BCUT2D eigenvalue weighted by molar-refractivity contribution is 9.10. The number of rotatable bonds is 3. The smallest absolute Gasteiger partial charge is 0.255 e. The molecule has 0 spiro atoms. The first kappa shape index (κ1) is 16.1. The average Bonchev–Trinajstić information content (AvgIpc) is 2.46. The zero-order valence-electron chi connectivity index (χ0n) is 11.2. The minimum atomic E-state index is -0.148. The van der Waals surface area contributed by atoms with Gasteiger partial charge < -0.3 is 10.6 Å². The molecule has 2 aromatic rings. The number of hydrogen-bond acceptors (Lipinski definition) is 2. The van der Waals surface area contributed by atoms with Crippen molar-refractivity contribution in [3.63, 3.8) is 0 Å². The van der Waals surface area contributed by atoms with Gasteiger partial charge in [0, 0.05) is 19.3 Å². The first-order valence-corrected chi connectivity index (χ1v) is 7.69. The molecule has 21 heavy (non-hydrogen) atoms. The van der Waals surface area contributed by atoms with E-state index in [1.54, 1.807) is 42.3 Å². The Bertz CT molecular complexity index is 691. The molecule has 0 aliphatic rings. The molecular weight excluding hydrogens is 375 g/mol. The molecule has 3 nitrogen and oxygen atoms in total. The molecular formula is C15H13BrCl2N2O. The third-order valence-corrected chi connectivity index (χ3v) is 4.79. The molecule has 0 aliphatic heterocycles. The van der Waals surface area contributed by atoms with E-state index in [1.165, 1.54) is 0 Å². The molecule has 0 saturated carbocycles. The fraction of sp³-hybridized carbons (Fsp3) is 0.133. The highest BCUT2D eigenvalue weighted by Crippen LogP contribution is 2.28. The molecule has 0 heterocycles. The van der Waals surface area contributed by atoms with Crippen molar-refractivity contribution in [1.82, 2.24) is 4.90 Å². The van der Waals surface area contributed by atoms with E-state index in [-0.39, 0.29) is 5.91 Å². The largest absolute Gasteiger partial charge is 0.398 e. The van der Waals surface area contributed by atoms with Gasteiger partial charge in [-0.05, 0) is 39.7 Å². The van der Waals surface area contributed by atoms with E-state index in [4.69, 9.17) is 28.9 Å². The lowest BCUT2D eigenvalue weighted by Gasteiger charge is -2.19. The van der Waals surface area contributed by atoms with Crippen LogP contribution in [0.1, 0.15) is 15.9 Å². The highest BCUT2D eigenvalue weighted by atomic mass is 79.9. The van der Waals surface area contributed by atoms with Crippen molar-refractivity contribution in [1.29, 1.82) is 0 Å². The van der Waals surface area contributed by atoms with Gasteiger partial charge in [-0.2, -0.15) is 0 Å². The third kappa shape index (κ3) is 3.51. The van der Waals surface area contributed by atoms with E-state index < -0.39 is 0 Å². The van der Waals surface area contributed by atoms with Gasteiger partial charge in [0.1, 0.15) is 0 Å². The zero-order valence-corrected chi connectivity index (χ0v) is 14.3. The lowest BCUT2D eigenvalue weighted by molar-refractivity contribution is 0.0784. The number of amides is 1.